The van der Waals surface area contributed by atoms with Crippen LogP contribution >= 0.6 is 11.3 Å². The third-order valence-electron chi connectivity index (χ3n) is 6.01. The largest absolute Gasteiger partial charge is 0.438 e. The Labute approximate surface area is 181 Å². The van der Waals surface area contributed by atoms with Crippen molar-refractivity contribution < 1.29 is 22.7 Å². The van der Waals surface area contributed by atoms with E-state index < -0.39 is 17.3 Å². The van der Waals surface area contributed by atoms with Crippen LogP contribution in [0.3, 0.4) is 0 Å². The van der Waals surface area contributed by atoms with Gasteiger partial charge in [0, 0.05) is 24.7 Å². The highest BCUT2D eigenvalue weighted by Crippen LogP contribution is 2.46. The molecule has 0 spiro atoms. The topological polar surface area (TPSA) is 74.4 Å². The molecule has 1 aromatic carbocycles. The molecule has 0 radical (unpaired) electrons. The molecule has 3 aromatic rings. The number of piperidine rings is 1. The monoisotopic (exact) mass is 452 g/mol. The van der Waals surface area contributed by atoms with Gasteiger partial charge < -0.3 is 9.52 Å². The molecular formula is C21H23F3N4O2S. The van der Waals surface area contributed by atoms with Crippen molar-refractivity contribution in [3.8, 4) is 10.6 Å². The van der Waals surface area contributed by atoms with Gasteiger partial charge in [-0.15, -0.1) is 11.3 Å². The molecule has 2 saturated heterocycles. The van der Waals surface area contributed by atoms with Crippen LogP contribution in [0.15, 0.2) is 22.1 Å². The zero-order valence-corrected chi connectivity index (χ0v) is 18.0. The van der Waals surface area contributed by atoms with Gasteiger partial charge in [0.25, 0.3) is 0 Å². The highest BCUT2D eigenvalue weighted by atomic mass is 32.1. The van der Waals surface area contributed by atoms with E-state index in [9.17, 15) is 18.3 Å². The quantitative estimate of drug-likeness (QED) is 0.591. The van der Waals surface area contributed by atoms with Crippen LogP contribution in [-0.4, -0.2) is 33.2 Å². The van der Waals surface area contributed by atoms with Crippen molar-refractivity contribution in [1.82, 2.24) is 20.4 Å². The summed E-state index contributed by atoms with van der Waals surface area (Å²) in [7, 11) is 0. The normalized spacial score (nSPS) is 24.6. The molecule has 4 heterocycles. The summed E-state index contributed by atoms with van der Waals surface area (Å²) in [5.74, 6) is 0.699. The molecule has 5 rings (SSSR count). The Morgan fingerprint density at radius 3 is 2.77 bits per heavy atom. The first-order valence-electron chi connectivity index (χ1n) is 10.3. The van der Waals surface area contributed by atoms with Crippen molar-refractivity contribution in [2.75, 3.05) is 13.1 Å². The number of benzene rings is 1. The number of aromatic nitrogens is 2. The fraction of sp³-hybridized carbons (Fsp3) is 0.524. The number of hydrogen-bond acceptors (Lipinski definition) is 7. The molecule has 2 aliphatic rings. The summed E-state index contributed by atoms with van der Waals surface area (Å²) < 4.78 is 48.6. The maximum Gasteiger partial charge on any atom is 0.419 e. The number of nitrogens with one attached hydrogen (secondary N) is 1. The number of rotatable bonds is 3. The Morgan fingerprint density at radius 1 is 1.32 bits per heavy atom. The van der Waals surface area contributed by atoms with Gasteiger partial charge in [0.1, 0.15) is 10.5 Å². The van der Waals surface area contributed by atoms with Gasteiger partial charge in [-0.1, -0.05) is 0 Å². The Bertz CT molecular complexity index is 1090. The predicted octanol–water partition coefficient (Wildman–Crippen LogP) is 4.86. The lowest BCUT2D eigenvalue weighted by atomic mass is 9.89. The molecule has 0 amide bonds. The maximum atomic E-state index is 14.2. The Hall–Kier alpha value is -2.01. The minimum absolute atomic E-state index is 0.0535. The van der Waals surface area contributed by atoms with E-state index in [2.05, 4.69) is 20.4 Å². The van der Waals surface area contributed by atoms with E-state index in [-0.39, 0.29) is 28.6 Å². The Kier molecular flexibility index (Phi) is 4.89. The third kappa shape index (κ3) is 3.75. The number of aliphatic hydroxyl groups is 1. The van der Waals surface area contributed by atoms with Gasteiger partial charge in [-0.25, -0.2) is 20.4 Å². The zero-order valence-electron chi connectivity index (χ0n) is 17.2. The van der Waals surface area contributed by atoms with Crippen molar-refractivity contribution in [2.24, 2.45) is 5.92 Å². The molecule has 3 unspecified atom stereocenters. The predicted molar refractivity (Wildman–Crippen MR) is 110 cm³/mol. The van der Waals surface area contributed by atoms with Crippen LogP contribution in [0.4, 0.5) is 13.2 Å². The second-order valence-electron chi connectivity index (χ2n) is 8.84. The SMILES string of the molecule is CC(C)(O)c1cc(-c2nccs2)c2oc(C3CC4CCCN(C4)N3)nc2c1C(F)(F)F. The van der Waals surface area contributed by atoms with E-state index in [1.807, 2.05) is 0 Å². The zero-order chi connectivity index (χ0) is 22.0. The van der Waals surface area contributed by atoms with Crippen molar-refractivity contribution in [3.63, 3.8) is 0 Å². The van der Waals surface area contributed by atoms with Gasteiger partial charge in [0.15, 0.2) is 5.58 Å². The van der Waals surface area contributed by atoms with Crippen LogP contribution in [0.2, 0.25) is 0 Å². The van der Waals surface area contributed by atoms with Crippen LogP contribution in [0.1, 0.15) is 56.2 Å². The number of halogens is 3. The Balaban J connectivity index is 1.74. The van der Waals surface area contributed by atoms with Gasteiger partial charge in [-0.2, -0.15) is 13.2 Å². The standard InChI is InChI=1S/C21H23F3N4O2S/c1-20(2,29)13-9-12(19-25-5-7-31-19)17-16(15(13)21(22,23)24)26-18(30-17)14-8-11-4-3-6-28(10-11)27-14/h5,7,9,11,14,27,29H,3-4,6,8,10H2,1-2H3. The number of hydrogen-bond donors (Lipinski definition) is 2. The first-order chi connectivity index (χ1) is 14.6. The molecule has 3 atom stereocenters. The minimum atomic E-state index is -4.71. The highest BCUT2D eigenvalue weighted by Gasteiger charge is 2.43. The smallest absolute Gasteiger partial charge is 0.419 e. The third-order valence-corrected chi connectivity index (χ3v) is 6.82. The summed E-state index contributed by atoms with van der Waals surface area (Å²) in [5, 5.41) is 15.0. The number of fused-ring (bicyclic) bond motifs is 3. The lowest BCUT2D eigenvalue weighted by Crippen LogP contribution is -2.51. The van der Waals surface area contributed by atoms with Crippen LogP contribution in [0, 0.1) is 5.92 Å². The maximum absolute atomic E-state index is 14.2. The summed E-state index contributed by atoms with van der Waals surface area (Å²) in [4.78, 5) is 8.63. The van der Waals surface area contributed by atoms with Gasteiger partial charge >= 0.3 is 6.18 Å². The summed E-state index contributed by atoms with van der Waals surface area (Å²) >= 11 is 1.30. The number of oxazole rings is 1. The van der Waals surface area contributed by atoms with E-state index in [0.29, 0.717) is 16.5 Å². The molecule has 166 valence electrons. The lowest BCUT2D eigenvalue weighted by Gasteiger charge is -2.41. The first-order valence-corrected chi connectivity index (χ1v) is 11.2. The van der Waals surface area contributed by atoms with E-state index in [4.69, 9.17) is 4.42 Å². The van der Waals surface area contributed by atoms with Gasteiger partial charge in [0.05, 0.1) is 22.8 Å². The molecule has 31 heavy (non-hydrogen) atoms. The number of nitrogens with zero attached hydrogens (tertiary/aromatic N) is 3. The fourth-order valence-corrected chi connectivity index (χ4v) is 5.32. The van der Waals surface area contributed by atoms with Crippen LogP contribution in [-0.2, 0) is 11.8 Å². The molecule has 2 fully saturated rings. The van der Waals surface area contributed by atoms with Crippen molar-refractivity contribution >= 4 is 22.4 Å². The molecule has 2 aliphatic heterocycles. The van der Waals surface area contributed by atoms with Crippen molar-refractivity contribution in [2.45, 2.75) is 50.9 Å². The van der Waals surface area contributed by atoms with E-state index in [1.54, 1.807) is 11.6 Å². The number of alkyl halides is 3. The Morgan fingerprint density at radius 2 is 2.13 bits per heavy atom. The molecule has 2 aromatic heterocycles. The van der Waals surface area contributed by atoms with Crippen LogP contribution in [0.25, 0.3) is 21.7 Å². The summed E-state index contributed by atoms with van der Waals surface area (Å²) in [5.41, 5.74) is 0.612. The molecule has 0 aliphatic carbocycles. The van der Waals surface area contributed by atoms with Gasteiger partial charge in [0.2, 0.25) is 5.89 Å². The second-order valence-corrected chi connectivity index (χ2v) is 9.74. The molecule has 2 N–H and O–H groups in total. The summed E-state index contributed by atoms with van der Waals surface area (Å²) in [6, 6.07) is 1.05. The van der Waals surface area contributed by atoms with E-state index >= 15 is 0 Å². The molecular weight excluding hydrogens is 429 g/mol. The number of thiazole rings is 1. The highest BCUT2D eigenvalue weighted by molar-refractivity contribution is 7.13. The second kappa shape index (κ2) is 7.26. The van der Waals surface area contributed by atoms with Gasteiger partial charge in [-0.05, 0) is 50.7 Å². The summed E-state index contributed by atoms with van der Waals surface area (Å²) in [6.07, 6.45) is -0.171. The van der Waals surface area contributed by atoms with Crippen molar-refractivity contribution in [3.05, 3.63) is 34.7 Å². The fourth-order valence-electron chi connectivity index (χ4n) is 4.67. The average molecular weight is 453 g/mol. The van der Waals surface area contributed by atoms with Crippen LogP contribution in [0.5, 0.6) is 0 Å². The average Bonchev–Trinajstić information content (AvgIpc) is 3.34. The molecule has 10 heteroatoms. The molecule has 6 nitrogen and oxygen atoms in total. The molecule has 0 saturated carbocycles. The van der Waals surface area contributed by atoms with Gasteiger partial charge in [-0.3, -0.25) is 0 Å². The van der Waals surface area contributed by atoms with Crippen LogP contribution < -0.4 is 5.43 Å². The first kappa shape index (κ1) is 20.9. The summed E-state index contributed by atoms with van der Waals surface area (Å²) in [6.45, 7) is 4.51. The minimum Gasteiger partial charge on any atom is -0.438 e. The van der Waals surface area contributed by atoms with Crippen molar-refractivity contribution in [1.29, 1.82) is 0 Å². The van der Waals surface area contributed by atoms with E-state index in [1.165, 1.54) is 31.3 Å². The lowest BCUT2D eigenvalue weighted by molar-refractivity contribution is -0.139. The number of hydrazine groups is 1. The van der Waals surface area contributed by atoms with E-state index in [0.717, 1.165) is 32.4 Å². The molecule has 2 bridgehead atoms.